The number of fused-ring (bicyclic) bond motifs is 1. The topological polar surface area (TPSA) is 99.3 Å². The molecule has 9 heteroatoms. The van der Waals surface area contributed by atoms with Crippen LogP contribution < -0.4 is 4.74 Å². The maximum atomic E-state index is 13.6. The predicted octanol–water partition coefficient (Wildman–Crippen LogP) is 3.29. The van der Waals surface area contributed by atoms with Gasteiger partial charge in [0.05, 0.1) is 25.3 Å². The molecule has 1 aromatic carbocycles. The molecule has 38 heavy (non-hydrogen) atoms. The molecule has 4 rings (SSSR count). The van der Waals surface area contributed by atoms with Crippen LogP contribution in [-0.2, 0) is 22.4 Å². The van der Waals surface area contributed by atoms with Crippen LogP contribution in [0.5, 0.6) is 5.75 Å². The van der Waals surface area contributed by atoms with Crippen molar-refractivity contribution in [1.29, 1.82) is 0 Å². The van der Waals surface area contributed by atoms with Crippen molar-refractivity contribution in [2.75, 3.05) is 53.4 Å². The molecule has 1 amide bonds. The van der Waals surface area contributed by atoms with Gasteiger partial charge in [-0.05, 0) is 57.1 Å². The number of carbonyl (C=O) groups is 2. The number of carboxylic acid groups (broad SMARTS) is 1. The number of likely N-dealkylation sites (tertiary alicyclic amines) is 1. The lowest BCUT2D eigenvalue weighted by atomic mass is 9.83. The molecule has 0 bridgehead atoms. The highest BCUT2D eigenvalue weighted by Crippen LogP contribution is 2.41. The van der Waals surface area contributed by atoms with Crippen molar-refractivity contribution >= 4 is 11.9 Å². The zero-order valence-corrected chi connectivity index (χ0v) is 23.0. The van der Waals surface area contributed by atoms with Crippen molar-refractivity contribution in [2.45, 2.75) is 57.4 Å². The van der Waals surface area contributed by atoms with E-state index in [4.69, 9.17) is 9.15 Å². The summed E-state index contributed by atoms with van der Waals surface area (Å²) in [4.78, 5) is 36.8. The average Bonchev–Trinajstić information content (AvgIpc) is 3.64. The van der Waals surface area contributed by atoms with Crippen LogP contribution in [0.15, 0.2) is 35.1 Å². The number of carbonyl (C=O) groups excluding carboxylic acids is 1. The number of rotatable bonds is 14. The van der Waals surface area contributed by atoms with Gasteiger partial charge in [0.25, 0.3) is 0 Å². The van der Waals surface area contributed by atoms with Crippen LogP contribution in [0.4, 0.5) is 0 Å². The van der Waals surface area contributed by atoms with Crippen molar-refractivity contribution in [3.05, 3.63) is 47.7 Å². The molecule has 3 heterocycles. The first-order valence-corrected chi connectivity index (χ1v) is 13.9. The molecule has 0 saturated carbocycles. The Morgan fingerprint density at radius 1 is 1.18 bits per heavy atom. The van der Waals surface area contributed by atoms with E-state index < -0.39 is 11.9 Å². The van der Waals surface area contributed by atoms with Crippen LogP contribution in [0.3, 0.4) is 0 Å². The molecule has 2 aromatic rings. The number of carboxylic acids is 1. The Balaban J connectivity index is 1.55. The third-order valence-corrected chi connectivity index (χ3v) is 7.82. The number of benzene rings is 1. The van der Waals surface area contributed by atoms with Gasteiger partial charge < -0.3 is 24.1 Å². The molecule has 1 aromatic heterocycles. The molecule has 2 aliphatic rings. The standard InChI is InChI=1S/C29H42N4O5/c1-4-5-14-32(15-6-13-31(2)3)27(34)20-33-19-23(21-7-9-25-22(18-21)11-16-37-25)28(29(35)36)24(33)8-10-26-30-12-17-38-26/h7,9,12,17-18,23-24,28H,4-6,8,10-11,13-16,19-20H2,1-3H3,(H,35,36)/t23-,24+,28-/m1/s1. The number of unbranched alkanes of at least 4 members (excludes halogenated alkanes) is 1. The van der Waals surface area contributed by atoms with Crippen molar-refractivity contribution in [3.8, 4) is 5.75 Å². The van der Waals surface area contributed by atoms with Crippen LogP contribution in [0, 0.1) is 5.92 Å². The minimum atomic E-state index is -0.826. The second-order valence-electron chi connectivity index (χ2n) is 10.8. The number of ether oxygens (including phenoxy) is 1. The Bertz CT molecular complexity index is 1060. The molecule has 3 atom stereocenters. The monoisotopic (exact) mass is 526 g/mol. The smallest absolute Gasteiger partial charge is 0.308 e. The highest BCUT2D eigenvalue weighted by molar-refractivity contribution is 5.79. The molecule has 0 spiro atoms. The average molecular weight is 527 g/mol. The van der Waals surface area contributed by atoms with Gasteiger partial charge in [-0.25, -0.2) is 4.98 Å². The molecule has 0 radical (unpaired) electrons. The Morgan fingerprint density at radius 3 is 2.71 bits per heavy atom. The Labute approximate surface area is 225 Å². The van der Waals surface area contributed by atoms with Gasteiger partial charge in [0, 0.05) is 44.4 Å². The summed E-state index contributed by atoms with van der Waals surface area (Å²) >= 11 is 0. The van der Waals surface area contributed by atoms with Crippen LogP contribution in [0.25, 0.3) is 0 Å². The minimum Gasteiger partial charge on any atom is -0.493 e. The number of aliphatic carboxylic acids is 1. The van der Waals surface area contributed by atoms with E-state index in [1.54, 1.807) is 6.20 Å². The highest BCUT2D eigenvalue weighted by atomic mass is 16.5. The van der Waals surface area contributed by atoms with Gasteiger partial charge in [0.15, 0.2) is 5.89 Å². The van der Waals surface area contributed by atoms with E-state index in [1.165, 1.54) is 6.26 Å². The van der Waals surface area contributed by atoms with E-state index in [1.807, 2.05) is 31.1 Å². The molecule has 2 aliphatic heterocycles. The summed E-state index contributed by atoms with van der Waals surface area (Å²) in [6, 6.07) is 5.76. The van der Waals surface area contributed by atoms with Gasteiger partial charge in [-0.2, -0.15) is 0 Å². The molecular formula is C29H42N4O5. The largest absolute Gasteiger partial charge is 0.493 e. The van der Waals surface area contributed by atoms with Gasteiger partial charge >= 0.3 is 5.97 Å². The zero-order valence-electron chi connectivity index (χ0n) is 23.0. The summed E-state index contributed by atoms with van der Waals surface area (Å²) in [6.45, 7) is 5.90. The van der Waals surface area contributed by atoms with Gasteiger partial charge in [0.2, 0.25) is 5.91 Å². The minimum absolute atomic E-state index is 0.0745. The lowest BCUT2D eigenvalue weighted by Crippen LogP contribution is -2.45. The van der Waals surface area contributed by atoms with Crippen LogP contribution in [0.2, 0.25) is 0 Å². The Hall–Kier alpha value is -2.91. The number of hydrogen-bond donors (Lipinski definition) is 1. The number of aryl methyl sites for hydroxylation is 1. The first kappa shape index (κ1) is 28.1. The van der Waals surface area contributed by atoms with E-state index in [0.717, 1.165) is 55.6 Å². The quantitative estimate of drug-likeness (QED) is 0.400. The van der Waals surface area contributed by atoms with Crippen molar-refractivity contribution in [2.24, 2.45) is 5.92 Å². The SMILES string of the molecule is CCCCN(CCCN(C)C)C(=O)CN1C[C@H](c2ccc3c(c2)CCO3)[C@@H](C(=O)O)[C@@H]1CCc1ncco1. The predicted molar refractivity (Wildman–Crippen MR) is 144 cm³/mol. The fourth-order valence-electron chi connectivity index (χ4n) is 5.84. The second kappa shape index (κ2) is 13.2. The van der Waals surface area contributed by atoms with Gasteiger partial charge in [-0.15, -0.1) is 0 Å². The molecular weight excluding hydrogens is 484 g/mol. The van der Waals surface area contributed by atoms with E-state index in [2.05, 4.69) is 27.8 Å². The van der Waals surface area contributed by atoms with E-state index in [-0.39, 0.29) is 24.4 Å². The summed E-state index contributed by atoms with van der Waals surface area (Å²) in [5.41, 5.74) is 2.13. The van der Waals surface area contributed by atoms with Crippen LogP contribution in [0.1, 0.15) is 55.5 Å². The number of nitrogens with zero attached hydrogens (tertiary/aromatic N) is 4. The number of hydrogen-bond acceptors (Lipinski definition) is 7. The fourth-order valence-corrected chi connectivity index (χ4v) is 5.84. The molecule has 1 N–H and O–H groups in total. The van der Waals surface area contributed by atoms with Crippen LogP contribution >= 0.6 is 0 Å². The summed E-state index contributed by atoms with van der Waals surface area (Å²) in [6.07, 6.45) is 7.95. The second-order valence-corrected chi connectivity index (χ2v) is 10.8. The molecule has 0 unspecified atom stereocenters. The van der Waals surface area contributed by atoms with E-state index >= 15 is 0 Å². The van der Waals surface area contributed by atoms with Gasteiger partial charge in [0.1, 0.15) is 12.0 Å². The lowest BCUT2D eigenvalue weighted by Gasteiger charge is -2.30. The lowest BCUT2D eigenvalue weighted by molar-refractivity contribution is -0.143. The normalized spacial score (nSPS) is 21.0. The molecule has 9 nitrogen and oxygen atoms in total. The zero-order chi connectivity index (χ0) is 27.1. The molecule has 1 saturated heterocycles. The van der Waals surface area contributed by atoms with Crippen molar-refractivity contribution in [3.63, 3.8) is 0 Å². The summed E-state index contributed by atoms with van der Waals surface area (Å²) in [7, 11) is 4.08. The van der Waals surface area contributed by atoms with E-state index in [9.17, 15) is 14.7 Å². The Morgan fingerprint density at radius 2 is 2.00 bits per heavy atom. The maximum Gasteiger partial charge on any atom is 0.308 e. The highest BCUT2D eigenvalue weighted by Gasteiger charge is 2.47. The first-order valence-electron chi connectivity index (χ1n) is 13.9. The Kier molecular flexibility index (Phi) is 9.80. The number of aromatic nitrogens is 1. The molecule has 0 aliphatic carbocycles. The summed E-state index contributed by atoms with van der Waals surface area (Å²) in [5.74, 6) is -0.116. The van der Waals surface area contributed by atoms with Crippen LogP contribution in [-0.4, -0.2) is 96.1 Å². The fraction of sp³-hybridized carbons (Fsp3) is 0.621. The maximum absolute atomic E-state index is 13.6. The van der Waals surface area contributed by atoms with Gasteiger partial charge in [-0.1, -0.05) is 25.5 Å². The summed E-state index contributed by atoms with van der Waals surface area (Å²) in [5, 5.41) is 10.4. The third kappa shape index (κ3) is 6.94. The molecule has 208 valence electrons. The van der Waals surface area contributed by atoms with E-state index in [0.29, 0.717) is 38.4 Å². The first-order chi connectivity index (χ1) is 18.4. The van der Waals surface area contributed by atoms with Crippen molar-refractivity contribution < 1.29 is 23.8 Å². The third-order valence-electron chi connectivity index (χ3n) is 7.82. The number of oxazole rings is 1. The van der Waals surface area contributed by atoms with Gasteiger partial charge in [-0.3, -0.25) is 14.5 Å². The number of amides is 1. The van der Waals surface area contributed by atoms with Crippen molar-refractivity contribution in [1.82, 2.24) is 19.7 Å². The molecule has 1 fully saturated rings. The summed E-state index contributed by atoms with van der Waals surface area (Å²) < 4.78 is 11.1.